The smallest absolute Gasteiger partial charge is 0.264 e. The molecule has 4 rings (SSSR count). The van der Waals surface area contributed by atoms with Gasteiger partial charge in [-0.05, 0) is 86.4 Å². The molecule has 2 saturated carbocycles. The summed E-state index contributed by atoms with van der Waals surface area (Å²) in [5.41, 5.74) is 0.655. The number of anilines is 1. The van der Waals surface area contributed by atoms with Gasteiger partial charge in [0.25, 0.3) is 15.9 Å². The number of nitrogens with one attached hydrogen (secondary N) is 1. The number of methoxy groups -OCH3 is 1. The molecule has 0 heterocycles. The van der Waals surface area contributed by atoms with Gasteiger partial charge in [0.1, 0.15) is 5.75 Å². The Balaban J connectivity index is 1.53. The number of hydrogen-bond donors (Lipinski definition) is 1. The first-order chi connectivity index (χ1) is 15.2. The van der Waals surface area contributed by atoms with E-state index in [2.05, 4.69) is 5.32 Å². The third kappa shape index (κ3) is 4.33. The number of rotatable bonds is 7. The van der Waals surface area contributed by atoms with Gasteiger partial charge in [-0.25, -0.2) is 8.42 Å². The summed E-state index contributed by atoms with van der Waals surface area (Å²) in [5, 5.41) is 3.30. The fraction of sp³-hybridized carbons (Fsp3) is 0.458. The van der Waals surface area contributed by atoms with E-state index in [-0.39, 0.29) is 27.4 Å². The molecule has 2 aromatic rings. The Labute approximate surface area is 195 Å². The van der Waals surface area contributed by atoms with Gasteiger partial charge in [-0.1, -0.05) is 18.0 Å². The van der Waals surface area contributed by atoms with Crippen LogP contribution in [0.4, 0.5) is 5.69 Å². The Morgan fingerprint density at radius 3 is 2.47 bits per heavy atom. The number of benzene rings is 2. The Morgan fingerprint density at radius 1 is 1.16 bits per heavy atom. The minimum absolute atomic E-state index is 0.0120. The lowest BCUT2D eigenvalue weighted by atomic mass is 9.84. The van der Waals surface area contributed by atoms with Gasteiger partial charge >= 0.3 is 0 Å². The van der Waals surface area contributed by atoms with E-state index in [0.717, 1.165) is 12.3 Å². The van der Waals surface area contributed by atoms with Crippen molar-refractivity contribution in [2.75, 3.05) is 18.5 Å². The number of amides is 1. The van der Waals surface area contributed by atoms with E-state index >= 15 is 0 Å². The molecule has 172 valence electrons. The zero-order valence-electron chi connectivity index (χ0n) is 18.5. The highest BCUT2D eigenvalue weighted by molar-refractivity contribution is 7.92. The molecule has 0 saturated heterocycles. The van der Waals surface area contributed by atoms with Crippen molar-refractivity contribution < 1.29 is 17.9 Å². The summed E-state index contributed by atoms with van der Waals surface area (Å²) in [5.74, 6) is 2.24. The number of ether oxygens (including phenoxy) is 1. The predicted molar refractivity (Wildman–Crippen MR) is 126 cm³/mol. The molecule has 2 fully saturated rings. The maximum absolute atomic E-state index is 13.2. The summed E-state index contributed by atoms with van der Waals surface area (Å²) in [6.07, 6.45) is 4.95. The minimum atomic E-state index is -3.88. The van der Waals surface area contributed by atoms with Crippen LogP contribution in [-0.4, -0.2) is 34.5 Å². The van der Waals surface area contributed by atoms with Crippen molar-refractivity contribution in [2.24, 2.45) is 17.8 Å². The van der Waals surface area contributed by atoms with Crippen LogP contribution in [0.15, 0.2) is 47.4 Å². The second-order valence-electron chi connectivity index (χ2n) is 8.91. The Bertz CT molecular complexity index is 1100. The molecule has 0 aromatic heterocycles. The summed E-state index contributed by atoms with van der Waals surface area (Å²) >= 11 is 6.29. The van der Waals surface area contributed by atoms with Gasteiger partial charge in [0, 0.05) is 13.1 Å². The van der Waals surface area contributed by atoms with E-state index in [0.29, 0.717) is 23.3 Å². The van der Waals surface area contributed by atoms with Crippen molar-refractivity contribution in [3.05, 3.63) is 53.1 Å². The fourth-order valence-electron chi connectivity index (χ4n) is 5.23. The van der Waals surface area contributed by atoms with Crippen LogP contribution < -0.4 is 14.4 Å². The number of nitrogens with zero attached hydrogens (tertiary/aromatic N) is 1. The first kappa shape index (κ1) is 22.9. The molecule has 4 unspecified atom stereocenters. The van der Waals surface area contributed by atoms with Gasteiger partial charge in [-0.15, -0.1) is 0 Å². The van der Waals surface area contributed by atoms with Crippen LogP contribution in [0.3, 0.4) is 0 Å². The van der Waals surface area contributed by atoms with Gasteiger partial charge in [0.15, 0.2) is 0 Å². The van der Waals surface area contributed by atoms with Crippen molar-refractivity contribution in [1.82, 2.24) is 5.32 Å². The number of carbonyl (C=O) groups is 1. The van der Waals surface area contributed by atoms with Gasteiger partial charge in [-0.2, -0.15) is 0 Å². The lowest BCUT2D eigenvalue weighted by Crippen LogP contribution is -2.40. The number of fused-ring (bicyclic) bond motifs is 2. The van der Waals surface area contributed by atoms with Crippen LogP contribution in [-0.2, 0) is 10.0 Å². The third-order valence-electron chi connectivity index (χ3n) is 7.07. The molecule has 1 N–H and O–H groups in total. The maximum Gasteiger partial charge on any atom is 0.264 e. The monoisotopic (exact) mass is 476 g/mol. The molecule has 0 spiro atoms. The SMILES string of the molecule is COc1ccc(N(C)S(=O)(=O)c2ccc(Cl)c(C(=O)NC(C)C3CC4CCC3C4)c2)cc1. The first-order valence-electron chi connectivity index (χ1n) is 10.9. The summed E-state index contributed by atoms with van der Waals surface area (Å²) in [6.45, 7) is 2.04. The van der Waals surface area contributed by atoms with Gasteiger partial charge in [0.2, 0.25) is 0 Å². The molecule has 4 atom stereocenters. The average Bonchev–Trinajstić information content (AvgIpc) is 3.42. The average molecular weight is 477 g/mol. The Kier molecular flexibility index (Phi) is 6.41. The Hall–Kier alpha value is -2.25. The molecule has 6 nitrogen and oxygen atoms in total. The fourth-order valence-corrected chi connectivity index (χ4v) is 6.65. The summed E-state index contributed by atoms with van der Waals surface area (Å²) < 4.78 is 32.7. The molecule has 2 aliphatic carbocycles. The number of sulfonamides is 1. The number of carbonyl (C=O) groups excluding carboxylic acids is 1. The van der Waals surface area contributed by atoms with Gasteiger partial charge in [0.05, 0.1) is 28.3 Å². The number of hydrogen-bond acceptors (Lipinski definition) is 4. The van der Waals surface area contributed by atoms with Crippen LogP contribution in [0.2, 0.25) is 5.02 Å². The molecule has 1 amide bonds. The molecule has 0 aliphatic heterocycles. The van der Waals surface area contributed by atoms with Crippen molar-refractivity contribution in [2.45, 2.75) is 43.5 Å². The molecule has 32 heavy (non-hydrogen) atoms. The van der Waals surface area contributed by atoms with Crippen molar-refractivity contribution in [1.29, 1.82) is 0 Å². The highest BCUT2D eigenvalue weighted by Gasteiger charge is 2.42. The molecule has 2 aliphatic rings. The Morgan fingerprint density at radius 2 is 1.88 bits per heavy atom. The van der Waals surface area contributed by atoms with E-state index in [9.17, 15) is 13.2 Å². The van der Waals surface area contributed by atoms with Crippen molar-refractivity contribution >= 4 is 33.2 Å². The minimum Gasteiger partial charge on any atom is -0.497 e. The topological polar surface area (TPSA) is 75.7 Å². The van der Waals surface area contributed by atoms with E-state index in [1.807, 2.05) is 6.92 Å². The van der Waals surface area contributed by atoms with E-state index in [1.54, 1.807) is 31.4 Å². The standard InChI is InChI=1S/C24H29ClN2O4S/c1-15(21-13-16-4-5-17(21)12-16)26-24(28)22-14-20(10-11-23(22)25)32(29,30)27(2)18-6-8-19(31-3)9-7-18/h6-11,14-17,21H,4-5,12-13H2,1-3H3,(H,26,28). The van der Waals surface area contributed by atoms with Gasteiger partial charge < -0.3 is 10.1 Å². The van der Waals surface area contributed by atoms with E-state index in [1.165, 1.54) is 48.8 Å². The lowest BCUT2D eigenvalue weighted by molar-refractivity contribution is 0.0915. The summed E-state index contributed by atoms with van der Waals surface area (Å²) in [6, 6.07) is 11.0. The lowest BCUT2D eigenvalue weighted by Gasteiger charge is -2.28. The highest BCUT2D eigenvalue weighted by Crippen LogP contribution is 2.49. The van der Waals surface area contributed by atoms with E-state index in [4.69, 9.17) is 16.3 Å². The van der Waals surface area contributed by atoms with Crippen LogP contribution in [0.5, 0.6) is 5.75 Å². The largest absolute Gasteiger partial charge is 0.497 e. The molecule has 8 heteroatoms. The van der Waals surface area contributed by atoms with Crippen LogP contribution in [0, 0.1) is 17.8 Å². The molecular formula is C24H29ClN2O4S. The van der Waals surface area contributed by atoms with Crippen LogP contribution >= 0.6 is 11.6 Å². The molecule has 2 bridgehead atoms. The second kappa shape index (κ2) is 8.94. The van der Waals surface area contributed by atoms with E-state index < -0.39 is 10.0 Å². The quantitative estimate of drug-likeness (QED) is 0.626. The molecular weight excluding hydrogens is 448 g/mol. The molecule has 0 radical (unpaired) electrons. The van der Waals surface area contributed by atoms with Crippen molar-refractivity contribution in [3.8, 4) is 5.75 Å². The summed E-state index contributed by atoms with van der Waals surface area (Å²) in [4.78, 5) is 13.0. The summed E-state index contributed by atoms with van der Waals surface area (Å²) in [7, 11) is -0.857. The maximum atomic E-state index is 13.2. The predicted octanol–water partition coefficient (Wildman–Crippen LogP) is 4.73. The van der Waals surface area contributed by atoms with Crippen LogP contribution in [0.1, 0.15) is 43.0 Å². The zero-order chi connectivity index (χ0) is 23.0. The van der Waals surface area contributed by atoms with Gasteiger partial charge in [-0.3, -0.25) is 9.10 Å². The van der Waals surface area contributed by atoms with Crippen molar-refractivity contribution in [3.63, 3.8) is 0 Å². The second-order valence-corrected chi connectivity index (χ2v) is 11.3. The molecule has 2 aromatic carbocycles. The van der Waals surface area contributed by atoms with Crippen LogP contribution in [0.25, 0.3) is 0 Å². The number of halogens is 1. The first-order valence-corrected chi connectivity index (χ1v) is 12.8. The highest BCUT2D eigenvalue weighted by atomic mass is 35.5. The zero-order valence-corrected chi connectivity index (χ0v) is 20.1. The normalized spacial score (nSPS) is 23.1. The third-order valence-corrected chi connectivity index (χ3v) is 9.18.